The van der Waals surface area contributed by atoms with Crippen LogP contribution >= 0.6 is 41.8 Å². The number of benzene rings is 2. The van der Waals surface area contributed by atoms with E-state index in [9.17, 15) is 10.2 Å². The number of aromatic hydroxyl groups is 2. The summed E-state index contributed by atoms with van der Waals surface area (Å²) < 4.78 is 0. The van der Waals surface area contributed by atoms with E-state index in [1.54, 1.807) is 12.1 Å². The van der Waals surface area contributed by atoms with Gasteiger partial charge in [0.1, 0.15) is 11.5 Å². The summed E-state index contributed by atoms with van der Waals surface area (Å²) in [6.45, 7) is 8.35. The van der Waals surface area contributed by atoms with Crippen LogP contribution in [0.25, 0.3) is 0 Å². The molecule has 0 fully saturated rings. The quantitative estimate of drug-likeness (QED) is 0.302. The second-order valence-corrected chi connectivity index (χ2v) is 11.1. The fourth-order valence-electron chi connectivity index (χ4n) is 2.83. The topological polar surface area (TPSA) is 40.5 Å². The van der Waals surface area contributed by atoms with Crippen LogP contribution in [0.2, 0.25) is 0 Å². The van der Waals surface area contributed by atoms with Crippen molar-refractivity contribution in [3.8, 4) is 11.5 Å². The Kier molecular flexibility index (Phi) is 14.8. The molecule has 0 unspecified atom stereocenters. The minimum absolute atomic E-state index is 0.0485. The Morgan fingerprint density at radius 3 is 1.21 bits per heavy atom. The van der Waals surface area contributed by atoms with Crippen molar-refractivity contribution in [2.45, 2.75) is 51.4 Å². The van der Waals surface area contributed by atoms with Crippen molar-refractivity contribution in [2.75, 3.05) is 11.8 Å². The maximum atomic E-state index is 9.63. The molecule has 0 bridgehead atoms. The zero-order valence-corrected chi connectivity index (χ0v) is 21.9. The Labute approximate surface area is 202 Å². The predicted molar refractivity (Wildman–Crippen MR) is 125 cm³/mol. The zero-order valence-electron chi connectivity index (χ0n) is 17.4. The zero-order chi connectivity index (χ0) is 22.5. The summed E-state index contributed by atoms with van der Waals surface area (Å²) in [5, 5.41) is 19.3. The van der Waals surface area contributed by atoms with E-state index in [0.29, 0.717) is 23.3 Å². The molecule has 0 aliphatic heterocycles. The fraction of sp³-hybridized carbons (Fsp3) is 0.455. The Balaban J connectivity index is 0.000000477. The first-order chi connectivity index (χ1) is 13.6. The molecule has 0 aliphatic rings. The minimum atomic E-state index is -0.556. The molecule has 0 aromatic heterocycles. The summed E-state index contributed by atoms with van der Waals surface area (Å²) in [5.74, 6) is 1.94. The van der Waals surface area contributed by atoms with Gasteiger partial charge in [0.25, 0.3) is 0 Å². The van der Waals surface area contributed by atoms with E-state index in [2.05, 4.69) is 27.7 Å². The van der Waals surface area contributed by atoms with Crippen molar-refractivity contribution >= 4 is 41.8 Å². The third-order valence-electron chi connectivity index (χ3n) is 4.71. The van der Waals surface area contributed by atoms with Gasteiger partial charge < -0.3 is 10.2 Å². The van der Waals surface area contributed by atoms with Gasteiger partial charge in [-0.3, -0.25) is 0 Å². The van der Waals surface area contributed by atoms with Crippen LogP contribution in [0.3, 0.4) is 0 Å². The molecule has 2 N–H and O–H groups in total. The summed E-state index contributed by atoms with van der Waals surface area (Å²) in [4.78, 5) is 0. The van der Waals surface area contributed by atoms with Crippen molar-refractivity contribution in [1.29, 1.82) is 0 Å². The van der Waals surface area contributed by atoms with Crippen molar-refractivity contribution in [2.24, 2.45) is 0 Å². The first-order valence-corrected chi connectivity index (χ1v) is 14.6. The van der Waals surface area contributed by atoms with E-state index < -0.39 is 17.0 Å². The molecule has 29 heavy (non-hydrogen) atoms. The van der Waals surface area contributed by atoms with Crippen LogP contribution in [0.15, 0.2) is 48.5 Å². The number of rotatable bonds is 6. The van der Waals surface area contributed by atoms with Crippen LogP contribution in [0, 0.1) is 0 Å². The summed E-state index contributed by atoms with van der Waals surface area (Å²) in [6.07, 6.45) is 1.73. The number of phenolic OH excluding ortho intramolecular Hbond substituents is 2. The first-order valence-electron chi connectivity index (χ1n) is 9.22. The second-order valence-electron chi connectivity index (χ2n) is 7.75. The third-order valence-corrected chi connectivity index (χ3v) is 5.08. The molecule has 7 heteroatoms. The Morgan fingerprint density at radius 1 is 0.690 bits per heavy atom. The number of hydrogen-bond acceptors (Lipinski definition) is 2. The van der Waals surface area contributed by atoms with Crippen molar-refractivity contribution < 1.29 is 27.2 Å². The Morgan fingerprint density at radius 2 is 0.966 bits per heavy atom. The maximum absolute atomic E-state index is 9.63. The Bertz CT molecular complexity index is 649. The molecule has 2 aromatic carbocycles. The van der Waals surface area contributed by atoms with Gasteiger partial charge in [-0.2, -0.15) is 0 Å². The van der Waals surface area contributed by atoms with Crippen molar-refractivity contribution in [3.05, 3.63) is 59.7 Å². The first kappa shape index (κ1) is 28.9. The fourth-order valence-corrected chi connectivity index (χ4v) is 3.78. The van der Waals surface area contributed by atoms with Crippen LogP contribution in [0.1, 0.15) is 51.7 Å². The molecular formula is C22H30Cl4O2Ti. The van der Waals surface area contributed by atoms with Gasteiger partial charge in [-0.1, -0.05) is 64.1 Å². The summed E-state index contributed by atoms with van der Waals surface area (Å²) >= 11 is 10.9. The molecule has 0 radical (unpaired) electrons. The standard InChI is InChI=1S/2C11H15ClO.2ClH.Ti/c2*1-11(2,7-8-12)9-5-3-4-6-10(9)13;;;/h2*3-6,13H,7-8H2,1-2H3;2*1H;/q;;;;+2/p-2. The molecule has 0 amide bonds. The van der Waals surface area contributed by atoms with Crippen LogP contribution in [0.4, 0.5) is 0 Å². The summed E-state index contributed by atoms with van der Waals surface area (Å²) in [5.41, 5.74) is 1.84. The molecule has 2 nitrogen and oxygen atoms in total. The molecule has 2 rings (SSSR count). The third kappa shape index (κ3) is 10.7. The number of alkyl halides is 2. The van der Waals surface area contributed by atoms with Crippen LogP contribution in [0.5, 0.6) is 11.5 Å². The van der Waals surface area contributed by atoms with Crippen LogP contribution < -0.4 is 0 Å². The van der Waals surface area contributed by atoms with Gasteiger partial charge in [0.2, 0.25) is 0 Å². The van der Waals surface area contributed by atoms with Gasteiger partial charge >= 0.3 is 35.6 Å². The number of phenols is 2. The molecule has 2 aromatic rings. The van der Waals surface area contributed by atoms with E-state index in [4.69, 9.17) is 41.8 Å². The summed E-state index contributed by atoms with van der Waals surface area (Å²) in [6, 6.07) is 14.8. The van der Waals surface area contributed by atoms with Crippen LogP contribution in [-0.2, 0) is 27.9 Å². The number of halogens is 4. The molecule has 0 heterocycles. The molecular weight excluding hydrogens is 486 g/mol. The average Bonchev–Trinajstić information content (AvgIpc) is 2.63. The van der Waals surface area contributed by atoms with Gasteiger partial charge in [-0.05, 0) is 46.9 Å². The average molecular weight is 516 g/mol. The molecule has 0 aliphatic carbocycles. The van der Waals surface area contributed by atoms with E-state index >= 15 is 0 Å². The SMILES string of the molecule is CC(C)(CCCl)c1ccccc1O.CC(C)(CCCl)c1ccccc1O.[Cl][Ti][Cl]. The van der Waals surface area contributed by atoms with E-state index in [-0.39, 0.29) is 10.8 Å². The van der Waals surface area contributed by atoms with Crippen LogP contribution in [-0.4, -0.2) is 22.0 Å². The Hall–Kier alpha value is -0.0857. The van der Waals surface area contributed by atoms with Gasteiger partial charge in [0, 0.05) is 11.8 Å². The second kappa shape index (κ2) is 14.8. The van der Waals surface area contributed by atoms with Gasteiger partial charge in [0.15, 0.2) is 0 Å². The molecule has 0 atom stereocenters. The normalized spacial score (nSPS) is 10.9. The van der Waals surface area contributed by atoms with Gasteiger partial charge in [-0.25, -0.2) is 0 Å². The van der Waals surface area contributed by atoms with E-state index in [1.165, 1.54) is 0 Å². The van der Waals surface area contributed by atoms with Crippen molar-refractivity contribution in [1.82, 2.24) is 0 Å². The van der Waals surface area contributed by atoms with Crippen molar-refractivity contribution in [3.63, 3.8) is 0 Å². The van der Waals surface area contributed by atoms with E-state index in [1.807, 2.05) is 36.4 Å². The molecule has 162 valence electrons. The number of para-hydroxylation sites is 2. The molecule has 0 spiro atoms. The monoisotopic (exact) mass is 514 g/mol. The predicted octanol–water partition coefficient (Wildman–Crippen LogP) is 7.97. The van der Waals surface area contributed by atoms with Gasteiger partial charge in [-0.15, -0.1) is 23.2 Å². The van der Waals surface area contributed by atoms with E-state index in [0.717, 1.165) is 24.0 Å². The molecule has 0 saturated heterocycles. The van der Waals surface area contributed by atoms with Gasteiger partial charge in [0.05, 0.1) is 0 Å². The molecule has 0 saturated carbocycles. The number of hydrogen-bond donors (Lipinski definition) is 2. The summed E-state index contributed by atoms with van der Waals surface area (Å²) in [7, 11) is 9.78.